The predicted octanol–water partition coefficient (Wildman–Crippen LogP) is 5.05. The van der Waals surface area contributed by atoms with Gasteiger partial charge in [0.15, 0.2) is 5.82 Å². The predicted molar refractivity (Wildman–Crippen MR) is 156 cm³/mol. The van der Waals surface area contributed by atoms with E-state index in [1.807, 2.05) is 47.5 Å². The second-order valence-electron chi connectivity index (χ2n) is 9.95. The first kappa shape index (κ1) is 25.0. The fourth-order valence-corrected chi connectivity index (χ4v) is 5.18. The molecule has 6 bridgehead atoms. The minimum Gasteiger partial charge on any atom is -0.404 e. The normalized spacial score (nSPS) is 16.1. The second-order valence-corrected chi connectivity index (χ2v) is 10.4. The highest BCUT2D eigenvalue weighted by Crippen LogP contribution is 2.29. The molecule has 0 aliphatic carbocycles. The highest BCUT2D eigenvalue weighted by atomic mass is 35.5. The van der Waals surface area contributed by atoms with Gasteiger partial charge in [0, 0.05) is 42.9 Å². The molecule has 2 aliphatic heterocycles. The number of urea groups is 1. The maximum absolute atomic E-state index is 13.1. The molecule has 206 valence electrons. The van der Waals surface area contributed by atoms with Crippen molar-refractivity contribution in [2.75, 3.05) is 33.9 Å². The minimum atomic E-state index is -0.271. The Hall–Kier alpha value is -4.97. The maximum atomic E-state index is 13.1. The van der Waals surface area contributed by atoms with Gasteiger partial charge < -0.3 is 30.6 Å². The number of oxazole rings is 1. The number of fused-ring (bicyclic) bond motifs is 7. The van der Waals surface area contributed by atoms with Gasteiger partial charge in [-0.15, -0.1) is 0 Å². The van der Waals surface area contributed by atoms with Crippen molar-refractivity contribution in [2.45, 2.75) is 25.3 Å². The highest BCUT2D eigenvalue weighted by molar-refractivity contribution is 6.32. The number of anilines is 6. The monoisotopic (exact) mass is 568 g/mol. The third-order valence-electron chi connectivity index (χ3n) is 7.04. The lowest BCUT2D eigenvalue weighted by atomic mass is 10.0. The van der Waals surface area contributed by atoms with Crippen LogP contribution in [-0.2, 0) is 12.8 Å². The number of carbonyl (C=O) groups is 1. The van der Waals surface area contributed by atoms with Gasteiger partial charge in [-0.3, -0.25) is 4.98 Å². The maximum Gasteiger partial charge on any atom is 0.319 e. The van der Waals surface area contributed by atoms with Crippen molar-refractivity contribution < 1.29 is 9.21 Å². The molecule has 0 spiro atoms. The smallest absolute Gasteiger partial charge is 0.319 e. The van der Waals surface area contributed by atoms with Gasteiger partial charge in [-0.25, -0.2) is 14.8 Å². The summed E-state index contributed by atoms with van der Waals surface area (Å²) in [7, 11) is 0. The molecule has 2 amide bonds. The quantitative estimate of drug-likeness (QED) is 0.233. The van der Waals surface area contributed by atoms with Crippen LogP contribution in [0.25, 0.3) is 11.2 Å². The standard InChI is InChI=1S/C28H25ClN10O2/c29-21-14-32-26-34-20-10-16(12-30-13-20)3-4-17-11-18(33-24(21)38-26)5-6-22(17)36-27(40)35-19-7-9-39(15-19)28-37-23-2-1-8-31-25(23)41-28/h1-2,5-6,8,10-14,19H,3-4,7,9,15H2,(H2,35,36,40)(H2,32,33,34,38)/t19-/m0/s1. The molecule has 4 aromatic heterocycles. The highest BCUT2D eigenvalue weighted by Gasteiger charge is 2.27. The summed E-state index contributed by atoms with van der Waals surface area (Å²) in [5.41, 5.74) is 5.51. The van der Waals surface area contributed by atoms with Crippen LogP contribution in [0.4, 0.5) is 39.6 Å². The zero-order valence-electron chi connectivity index (χ0n) is 21.8. The second kappa shape index (κ2) is 10.5. The summed E-state index contributed by atoms with van der Waals surface area (Å²) in [6, 6.07) is 11.6. The number of hydrogen-bond donors (Lipinski definition) is 4. The SMILES string of the molecule is O=C(Nc1ccc2cc1CCc1cncc(c1)Nc1ncc(Cl)c(n1)N2)N[C@H]1CCN(c2nc3cccnc3o2)C1. The molecule has 4 N–H and O–H groups in total. The van der Waals surface area contributed by atoms with E-state index in [1.165, 1.54) is 0 Å². The van der Waals surface area contributed by atoms with E-state index < -0.39 is 0 Å². The van der Waals surface area contributed by atoms with Crippen molar-refractivity contribution in [3.63, 3.8) is 0 Å². The average Bonchev–Trinajstić information content (AvgIpc) is 3.62. The molecule has 12 nitrogen and oxygen atoms in total. The molecular formula is C28H25ClN10O2. The van der Waals surface area contributed by atoms with Crippen LogP contribution in [0, 0.1) is 0 Å². The van der Waals surface area contributed by atoms with E-state index in [9.17, 15) is 4.79 Å². The fraction of sp³-hybridized carbons (Fsp3) is 0.214. The Morgan fingerprint density at radius 3 is 2.93 bits per heavy atom. The number of pyridine rings is 2. The number of nitrogens with zero attached hydrogens (tertiary/aromatic N) is 6. The average molecular weight is 569 g/mol. The van der Waals surface area contributed by atoms with Crippen molar-refractivity contribution in [1.82, 2.24) is 30.2 Å². The summed E-state index contributed by atoms with van der Waals surface area (Å²) in [4.78, 5) is 37.0. The Kier molecular flexibility index (Phi) is 6.44. The van der Waals surface area contributed by atoms with Gasteiger partial charge in [0.2, 0.25) is 11.7 Å². The van der Waals surface area contributed by atoms with Crippen molar-refractivity contribution >= 4 is 63.7 Å². The van der Waals surface area contributed by atoms with Gasteiger partial charge in [-0.1, -0.05) is 11.6 Å². The van der Waals surface area contributed by atoms with E-state index in [0.717, 1.165) is 47.6 Å². The number of nitrogens with one attached hydrogen (secondary N) is 4. The van der Waals surface area contributed by atoms with Crippen molar-refractivity contribution in [3.8, 4) is 0 Å². The number of carbonyl (C=O) groups excluding carboxylic acids is 1. The van der Waals surface area contributed by atoms with Gasteiger partial charge in [-0.2, -0.15) is 9.97 Å². The van der Waals surface area contributed by atoms with Gasteiger partial charge in [-0.05, 0) is 66.8 Å². The number of rotatable bonds is 3. The largest absolute Gasteiger partial charge is 0.404 e. The van der Waals surface area contributed by atoms with Crippen molar-refractivity contribution in [1.29, 1.82) is 0 Å². The summed E-state index contributed by atoms with van der Waals surface area (Å²) in [6.45, 7) is 1.31. The van der Waals surface area contributed by atoms with Crippen molar-refractivity contribution in [3.05, 3.63) is 77.3 Å². The molecule has 1 aromatic carbocycles. The number of hydrogen-bond acceptors (Lipinski definition) is 10. The van der Waals surface area contributed by atoms with E-state index in [1.54, 1.807) is 18.6 Å². The molecule has 41 heavy (non-hydrogen) atoms. The molecule has 7 rings (SSSR count). The van der Waals surface area contributed by atoms with Gasteiger partial charge in [0.25, 0.3) is 6.01 Å². The lowest BCUT2D eigenvalue weighted by molar-refractivity contribution is 0.249. The third-order valence-corrected chi connectivity index (χ3v) is 7.32. The third kappa shape index (κ3) is 5.41. The Balaban J connectivity index is 1.08. The van der Waals surface area contributed by atoms with Crippen LogP contribution >= 0.6 is 11.6 Å². The van der Waals surface area contributed by atoms with E-state index in [0.29, 0.717) is 47.0 Å². The molecule has 13 heteroatoms. The van der Waals surface area contributed by atoms with Crippen LogP contribution < -0.4 is 26.2 Å². The molecule has 2 aliphatic rings. The molecule has 6 heterocycles. The number of benzene rings is 1. The molecule has 5 aromatic rings. The summed E-state index contributed by atoms with van der Waals surface area (Å²) < 4.78 is 5.80. The summed E-state index contributed by atoms with van der Waals surface area (Å²) in [5.74, 6) is 0.876. The van der Waals surface area contributed by atoms with Gasteiger partial charge in [0.05, 0.1) is 18.1 Å². The van der Waals surface area contributed by atoms with E-state index in [-0.39, 0.29) is 12.1 Å². The first-order valence-corrected chi connectivity index (χ1v) is 13.6. The zero-order chi connectivity index (χ0) is 27.8. The summed E-state index contributed by atoms with van der Waals surface area (Å²) in [6.07, 6.45) is 8.94. The molecule has 0 saturated carbocycles. The Morgan fingerprint density at radius 2 is 2.00 bits per heavy atom. The first-order chi connectivity index (χ1) is 20.1. The number of aryl methyl sites for hydroxylation is 2. The topological polar surface area (TPSA) is 146 Å². The van der Waals surface area contributed by atoms with Crippen LogP contribution in [0.5, 0.6) is 0 Å². The number of aromatic nitrogens is 5. The number of amides is 2. The lowest BCUT2D eigenvalue weighted by Gasteiger charge is -2.17. The van der Waals surface area contributed by atoms with Crippen molar-refractivity contribution in [2.24, 2.45) is 0 Å². The summed E-state index contributed by atoms with van der Waals surface area (Å²) in [5, 5.41) is 13.0. The number of halogens is 1. The zero-order valence-corrected chi connectivity index (χ0v) is 22.5. The Morgan fingerprint density at radius 1 is 1.05 bits per heavy atom. The van der Waals surface area contributed by atoms with Crippen LogP contribution in [-0.4, -0.2) is 50.1 Å². The van der Waals surface area contributed by atoms with E-state index >= 15 is 0 Å². The van der Waals surface area contributed by atoms with Gasteiger partial charge >= 0.3 is 6.03 Å². The first-order valence-electron chi connectivity index (χ1n) is 13.2. The molecule has 0 radical (unpaired) electrons. The van der Waals surface area contributed by atoms with Crippen LogP contribution in [0.15, 0.2) is 65.6 Å². The van der Waals surface area contributed by atoms with E-state index in [4.69, 9.17) is 16.0 Å². The van der Waals surface area contributed by atoms with Gasteiger partial charge in [0.1, 0.15) is 10.5 Å². The van der Waals surface area contributed by atoms with Crippen LogP contribution in [0.1, 0.15) is 17.5 Å². The van der Waals surface area contributed by atoms with Crippen LogP contribution in [0.2, 0.25) is 5.02 Å². The lowest BCUT2D eigenvalue weighted by Crippen LogP contribution is -2.40. The molecule has 1 saturated heterocycles. The minimum absolute atomic E-state index is 0.0561. The Bertz CT molecular complexity index is 1730. The van der Waals surface area contributed by atoms with Crippen LogP contribution in [0.3, 0.4) is 0 Å². The Labute approximate surface area is 239 Å². The molecule has 1 atom stereocenters. The molecular weight excluding hydrogens is 544 g/mol. The molecule has 1 fully saturated rings. The summed E-state index contributed by atoms with van der Waals surface area (Å²) >= 11 is 6.37. The fourth-order valence-electron chi connectivity index (χ4n) is 5.04. The van der Waals surface area contributed by atoms with E-state index in [2.05, 4.69) is 46.2 Å². The molecule has 0 unspecified atom stereocenters.